The van der Waals surface area contributed by atoms with Crippen molar-refractivity contribution in [2.75, 3.05) is 12.3 Å². The van der Waals surface area contributed by atoms with E-state index < -0.39 is 0 Å². The van der Waals surface area contributed by atoms with Crippen molar-refractivity contribution in [2.24, 2.45) is 0 Å². The monoisotopic (exact) mass is 301 g/mol. The van der Waals surface area contributed by atoms with Gasteiger partial charge in [0.1, 0.15) is 11.1 Å². The number of benzene rings is 1. The molecule has 4 heteroatoms. The van der Waals surface area contributed by atoms with Crippen molar-refractivity contribution in [1.82, 2.24) is 4.90 Å². The summed E-state index contributed by atoms with van der Waals surface area (Å²) in [5.74, 6) is 1.97. The Balaban J connectivity index is 1.83. The highest BCUT2D eigenvalue weighted by molar-refractivity contribution is 7.99. The lowest BCUT2D eigenvalue weighted by Crippen LogP contribution is -2.34. The van der Waals surface area contributed by atoms with Gasteiger partial charge in [-0.15, -0.1) is 11.8 Å². The van der Waals surface area contributed by atoms with E-state index >= 15 is 0 Å². The molecule has 0 aliphatic carbocycles. The zero-order valence-electron chi connectivity index (χ0n) is 12.1. The van der Waals surface area contributed by atoms with Crippen LogP contribution >= 0.6 is 11.8 Å². The average molecular weight is 301 g/mol. The molecule has 0 radical (unpaired) electrons. The van der Waals surface area contributed by atoms with Gasteiger partial charge >= 0.3 is 0 Å². The third-order valence-electron chi connectivity index (χ3n) is 3.87. The molecule has 0 saturated carbocycles. The van der Waals surface area contributed by atoms with Gasteiger partial charge in [0, 0.05) is 12.3 Å². The Morgan fingerprint density at radius 3 is 2.81 bits per heavy atom. The number of nitrogens with zero attached hydrogens (tertiary/aromatic N) is 1. The number of carbonyl (C=O) groups excluding carboxylic acids is 1. The van der Waals surface area contributed by atoms with Crippen molar-refractivity contribution in [3.8, 4) is 0 Å². The van der Waals surface area contributed by atoms with E-state index in [4.69, 9.17) is 4.42 Å². The molecule has 3 nitrogen and oxygen atoms in total. The van der Waals surface area contributed by atoms with Crippen LogP contribution in [0.4, 0.5) is 0 Å². The van der Waals surface area contributed by atoms with E-state index in [1.54, 1.807) is 18.0 Å². The van der Waals surface area contributed by atoms with Gasteiger partial charge in [-0.05, 0) is 24.1 Å². The summed E-state index contributed by atoms with van der Waals surface area (Å²) in [6, 6.07) is 13.9. The molecule has 1 fully saturated rings. The summed E-state index contributed by atoms with van der Waals surface area (Å²) >= 11 is 1.77. The zero-order valence-corrected chi connectivity index (χ0v) is 12.9. The van der Waals surface area contributed by atoms with Crippen molar-refractivity contribution >= 4 is 17.7 Å². The third kappa shape index (κ3) is 2.86. The van der Waals surface area contributed by atoms with Crippen LogP contribution in [-0.2, 0) is 4.79 Å². The van der Waals surface area contributed by atoms with Crippen LogP contribution in [0.25, 0.3) is 0 Å². The second-order valence-electron chi connectivity index (χ2n) is 5.14. The summed E-state index contributed by atoms with van der Waals surface area (Å²) in [4.78, 5) is 14.9. The standard InChI is InChI=1S/C17H19NO2S/c1-2-14(13-7-4-3-5-8-13)16(19)18-10-12-21-17(18)15-9-6-11-20-15/h3-9,11,14,17H,2,10,12H2,1H3/t14-,17-/m1/s1. The van der Waals surface area contributed by atoms with Gasteiger partial charge in [0.15, 0.2) is 0 Å². The summed E-state index contributed by atoms with van der Waals surface area (Å²) in [6.45, 7) is 2.86. The van der Waals surface area contributed by atoms with Crippen molar-refractivity contribution in [3.63, 3.8) is 0 Å². The SMILES string of the molecule is CC[C@@H](C(=O)N1CCS[C@@H]1c1ccco1)c1ccccc1. The van der Waals surface area contributed by atoms with Gasteiger partial charge in [-0.3, -0.25) is 4.79 Å². The lowest BCUT2D eigenvalue weighted by molar-refractivity contribution is -0.133. The van der Waals surface area contributed by atoms with Crippen LogP contribution in [0.3, 0.4) is 0 Å². The smallest absolute Gasteiger partial charge is 0.231 e. The Hall–Kier alpha value is -1.68. The molecule has 1 aromatic heterocycles. The molecular weight excluding hydrogens is 282 g/mol. The van der Waals surface area contributed by atoms with E-state index in [9.17, 15) is 4.79 Å². The molecule has 1 aliphatic rings. The van der Waals surface area contributed by atoms with Crippen LogP contribution in [0.15, 0.2) is 53.1 Å². The molecule has 21 heavy (non-hydrogen) atoms. The highest BCUT2D eigenvalue weighted by Crippen LogP contribution is 2.40. The van der Waals surface area contributed by atoms with E-state index in [0.717, 1.165) is 30.0 Å². The highest BCUT2D eigenvalue weighted by Gasteiger charge is 2.35. The van der Waals surface area contributed by atoms with Gasteiger partial charge in [0.05, 0.1) is 12.2 Å². The Morgan fingerprint density at radius 1 is 1.33 bits per heavy atom. The predicted molar refractivity (Wildman–Crippen MR) is 85.1 cm³/mol. The van der Waals surface area contributed by atoms with Crippen LogP contribution in [0.5, 0.6) is 0 Å². The van der Waals surface area contributed by atoms with E-state index in [2.05, 4.69) is 6.92 Å². The minimum Gasteiger partial charge on any atom is -0.466 e. The summed E-state index contributed by atoms with van der Waals surface area (Å²) in [7, 11) is 0. The molecule has 2 atom stereocenters. The van der Waals surface area contributed by atoms with Gasteiger partial charge < -0.3 is 9.32 Å². The van der Waals surface area contributed by atoms with E-state index in [1.807, 2.05) is 47.4 Å². The Kier molecular flexibility index (Phi) is 4.34. The number of rotatable bonds is 4. The van der Waals surface area contributed by atoms with Crippen LogP contribution in [0, 0.1) is 0 Å². The summed E-state index contributed by atoms with van der Waals surface area (Å²) < 4.78 is 5.50. The van der Waals surface area contributed by atoms with Gasteiger partial charge in [-0.1, -0.05) is 37.3 Å². The lowest BCUT2D eigenvalue weighted by Gasteiger charge is -2.27. The molecule has 1 amide bonds. The first-order valence-corrected chi connectivity index (χ1v) is 8.36. The second kappa shape index (κ2) is 6.39. The van der Waals surface area contributed by atoms with Crippen LogP contribution < -0.4 is 0 Å². The second-order valence-corrected chi connectivity index (χ2v) is 6.33. The molecule has 1 saturated heterocycles. The minimum atomic E-state index is -0.0673. The van der Waals surface area contributed by atoms with Gasteiger partial charge in [0.2, 0.25) is 5.91 Å². The van der Waals surface area contributed by atoms with Crippen molar-refractivity contribution in [2.45, 2.75) is 24.6 Å². The molecule has 2 aromatic rings. The molecule has 0 spiro atoms. The Morgan fingerprint density at radius 2 is 2.14 bits per heavy atom. The fourth-order valence-electron chi connectivity index (χ4n) is 2.80. The van der Waals surface area contributed by atoms with Crippen molar-refractivity contribution in [1.29, 1.82) is 0 Å². The maximum atomic E-state index is 13.0. The molecule has 3 rings (SSSR count). The molecule has 1 aromatic carbocycles. The Bertz CT molecular complexity index is 582. The van der Waals surface area contributed by atoms with E-state index in [-0.39, 0.29) is 17.2 Å². The Labute approximate surface area is 129 Å². The lowest BCUT2D eigenvalue weighted by atomic mass is 9.95. The molecule has 1 aliphatic heterocycles. The molecule has 110 valence electrons. The molecule has 2 heterocycles. The molecular formula is C17H19NO2S. The van der Waals surface area contributed by atoms with Crippen molar-refractivity contribution in [3.05, 3.63) is 60.1 Å². The van der Waals surface area contributed by atoms with E-state index in [0.29, 0.717) is 0 Å². The summed E-state index contributed by atoms with van der Waals surface area (Å²) in [5, 5.41) is 0.0188. The fourth-order valence-corrected chi connectivity index (χ4v) is 4.01. The number of thioether (sulfide) groups is 1. The maximum Gasteiger partial charge on any atom is 0.231 e. The number of furan rings is 1. The highest BCUT2D eigenvalue weighted by atomic mass is 32.2. The molecule has 0 unspecified atom stereocenters. The summed E-state index contributed by atoms with van der Waals surface area (Å²) in [5.41, 5.74) is 1.10. The van der Waals surface area contributed by atoms with Gasteiger partial charge in [-0.25, -0.2) is 0 Å². The van der Waals surface area contributed by atoms with Crippen LogP contribution in [-0.4, -0.2) is 23.1 Å². The third-order valence-corrected chi connectivity index (χ3v) is 5.09. The number of hydrogen-bond donors (Lipinski definition) is 0. The van der Waals surface area contributed by atoms with Gasteiger partial charge in [-0.2, -0.15) is 0 Å². The number of hydrogen-bond acceptors (Lipinski definition) is 3. The topological polar surface area (TPSA) is 33.5 Å². The summed E-state index contributed by atoms with van der Waals surface area (Å²) in [6.07, 6.45) is 2.49. The molecule has 0 N–H and O–H groups in total. The van der Waals surface area contributed by atoms with Crippen LogP contribution in [0.2, 0.25) is 0 Å². The zero-order chi connectivity index (χ0) is 14.7. The maximum absolute atomic E-state index is 13.0. The van der Waals surface area contributed by atoms with Crippen molar-refractivity contribution < 1.29 is 9.21 Å². The number of amides is 1. The van der Waals surface area contributed by atoms with Crippen LogP contribution in [0.1, 0.15) is 36.0 Å². The average Bonchev–Trinajstić information content (AvgIpc) is 3.20. The first kappa shape index (κ1) is 14.3. The largest absolute Gasteiger partial charge is 0.466 e. The number of carbonyl (C=O) groups is 1. The first-order chi connectivity index (χ1) is 10.3. The van der Waals surface area contributed by atoms with Gasteiger partial charge in [0.25, 0.3) is 0 Å². The van der Waals surface area contributed by atoms with E-state index in [1.165, 1.54) is 0 Å². The predicted octanol–water partition coefficient (Wildman–Crippen LogP) is 4.05. The fraction of sp³-hybridized carbons (Fsp3) is 0.353. The first-order valence-electron chi connectivity index (χ1n) is 7.31. The minimum absolute atomic E-state index is 0.0188. The normalized spacial score (nSPS) is 19.7. The quantitative estimate of drug-likeness (QED) is 0.854. The molecule has 0 bridgehead atoms.